The minimum Gasteiger partial charge on any atom is -0.444 e. The highest BCUT2D eigenvalue weighted by molar-refractivity contribution is 8.45. The Morgan fingerprint density at radius 2 is 1.68 bits per heavy atom. The van der Waals surface area contributed by atoms with Crippen molar-refractivity contribution in [2.24, 2.45) is 0 Å². The normalized spacial score (nSPS) is 22.0. The van der Waals surface area contributed by atoms with Gasteiger partial charge in [-0.2, -0.15) is 0 Å². The van der Waals surface area contributed by atoms with Gasteiger partial charge in [-0.3, -0.25) is 24.4 Å². The number of nitrogens with one attached hydrogen (secondary N) is 1. The lowest BCUT2D eigenvalue weighted by atomic mass is 9.94. The molecule has 3 amide bonds. The monoisotopic (exact) mass is 648 g/mol. The molecule has 1 aliphatic heterocycles. The first-order valence-corrected chi connectivity index (χ1v) is 16.2. The highest BCUT2D eigenvalue weighted by Gasteiger charge is 2.65. The van der Waals surface area contributed by atoms with Gasteiger partial charge in [-0.1, -0.05) is 44.8 Å². The molecule has 1 aromatic heterocycles. The van der Waals surface area contributed by atoms with E-state index in [1.165, 1.54) is 24.5 Å². The van der Waals surface area contributed by atoms with Gasteiger partial charge in [0.1, 0.15) is 22.6 Å². The number of carbonyl (C=O) groups is 3. The summed E-state index contributed by atoms with van der Waals surface area (Å²) in [5, 5.41) is 13.4. The Hall–Kier alpha value is -3.46. The van der Waals surface area contributed by atoms with Crippen LogP contribution in [0.15, 0.2) is 53.7 Å². The molecule has 1 aromatic carbocycles. The number of rotatable bonds is 7. The average Bonchev–Trinajstić information content (AvgIpc) is 3.32. The van der Waals surface area contributed by atoms with Crippen molar-refractivity contribution in [3.05, 3.63) is 54.4 Å². The van der Waals surface area contributed by atoms with Crippen molar-refractivity contribution in [3.8, 4) is 0 Å². The molecule has 0 spiro atoms. The van der Waals surface area contributed by atoms with Gasteiger partial charge < -0.3 is 15.2 Å². The van der Waals surface area contributed by atoms with Crippen molar-refractivity contribution in [2.75, 3.05) is 11.4 Å². The number of benzene rings is 1. The van der Waals surface area contributed by atoms with Crippen molar-refractivity contribution >= 4 is 33.8 Å². The fraction of sp³-hybridized carbons (Fsp3) is 0.517. The van der Waals surface area contributed by atoms with E-state index in [2.05, 4.69) is 10.3 Å². The van der Waals surface area contributed by atoms with Crippen LogP contribution >= 0.6 is 10.2 Å². The van der Waals surface area contributed by atoms with Crippen molar-refractivity contribution in [1.29, 1.82) is 0 Å². The Bertz CT molecular complexity index is 1370. The van der Waals surface area contributed by atoms with Crippen LogP contribution in [0, 0.1) is 0 Å². The molecule has 15 heteroatoms. The molecule has 0 bridgehead atoms. The fourth-order valence-corrected chi connectivity index (χ4v) is 6.13. The Balaban J connectivity index is 1.83. The molecule has 3 atom stereocenters. The maximum Gasteiger partial charge on any atom is 0.411 e. The van der Waals surface area contributed by atoms with E-state index in [4.69, 9.17) is 4.74 Å². The first kappa shape index (κ1) is 33.4. The summed E-state index contributed by atoms with van der Waals surface area (Å²) in [5.74, 6) is -1.60. The lowest BCUT2D eigenvalue weighted by Crippen LogP contribution is -2.53. The van der Waals surface area contributed by atoms with Crippen molar-refractivity contribution in [2.45, 2.75) is 94.0 Å². The third-order valence-corrected chi connectivity index (χ3v) is 8.61. The number of ether oxygens (including phenoxy) is 1. The zero-order valence-corrected chi connectivity index (χ0v) is 25.4. The summed E-state index contributed by atoms with van der Waals surface area (Å²) >= 11 is 0. The summed E-state index contributed by atoms with van der Waals surface area (Å²) in [5.41, 5.74) is -1.08. The largest absolute Gasteiger partial charge is 0.444 e. The summed E-state index contributed by atoms with van der Waals surface area (Å²) < 4.78 is 73.3. The van der Waals surface area contributed by atoms with E-state index in [0.29, 0.717) is 25.0 Å². The van der Waals surface area contributed by atoms with E-state index >= 15 is 0 Å². The van der Waals surface area contributed by atoms with Crippen LogP contribution in [-0.2, 0) is 14.3 Å². The number of halogens is 5. The molecule has 2 heterocycles. The van der Waals surface area contributed by atoms with Crippen LogP contribution < -0.4 is 10.2 Å². The maximum absolute atomic E-state index is 14.4. The Kier molecular flexibility index (Phi) is 8.72. The zero-order valence-electron chi connectivity index (χ0n) is 24.6. The summed E-state index contributed by atoms with van der Waals surface area (Å²) in [4.78, 5) is 45.2. The third kappa shape index (κ3) is 8.17. The SMILES string of the molecule is CC(C)(C)OC(=O)N1C[C@H](O)C[C@@H]1C(=O)N(c1ccc(S(F)(F)(F)(F)F)cc1)C(C(=O)NC1CCCCC1)c1cccnc1. The second-order valence-corrected chi connectivity index (χ2v) is 14.7. The van der Waals surface area contributed by atoms with E-state index < -0.39 is 56.8 Å². The maximum atomic E-state index is 14.4. The molecular formula is C29H37F5N4O5S. The smallest absolute Gasteiger partial charge is 0.411 e. The number of hydrogen-bond acceptors (Lipinski definition) is 6. The quantitative estimate of drug-likeness (QED) is 0.326. The number of β-amino-alcohol motifs (C(OH)–C–C–N with tert-alkyl or cyclic N) is 1. The van der Waals surface area contributed by atoms with Crippen LogP contribution in [-0.4, -0.2) is 63.2 Å². The average molecular weight is 649 g/mol. The highest BCUT2D eigenvalue weighted by atomic mass is 32.5. The molecule has 1 saturated heterocycles. The Labute approximate surface area is 252 Å². The number of amides is 3. The van der Waals surface area contributed by atoms with Gasteiger partial charge in [0.25, 0.3) is 5.91 Å². The topological polar surface area (TPSA) is 112 Å². The molecule has 2 aliphatic rings. The standard InChI is InChI=1S/C29H37F5N4O5S/c1-29(2,3)43-28(42)37-18-22(39)16-24(37)27(41)38(21-11-13-23(14-12-21)44(30,31,32,33)34)25(19-8-7-15-35-17-19)26(40)36-20-9-5-4-6-10-20/h7-8,11-15,17,20,22,24-25,39H,4-6,9-10,16,18H2,1-3H3,(H,36,40)/t22-,24-,25?/m1/s1. The molecule has 2 N–H and O–H groups in total. The predicted octanol–water partition coefficient (Wildman–Crippen LogP) is 6.63. The van der Waals surface area contributed by atoms with Crippen LogP contribution in [0.4, 0.5) is 29.9 Å². The minimum absolute atomic E-state index is 0.158. The molecular weight excluding hydrogens is 611 g/mol. The first-order chi connectivity index (χ1) is 20.2. The number of nitrogens with zero attached hydrogens (tertiary/aromatic N) is 3. The summed E-state index contributed by atoms with van der Waals surface area (Å²) in [6, 6.07) is 1.56. The number of hydrogen-bond donors (Lipinski definition) is 2. The van der Waals surface area contributed by atoms with E-state index in [1.54, 1.807) is 20.8 Å². The Morgan fingerprint density at radius 3 is 2.23 bits per heavy atom. The number of aliphatic hydroxyl groups excluding tert-OH is 1. The molecule has 1 aliphatic carbocycles. The van der Waals surface area contributed by atoms with Crippen molar-refractivity contribution < 1.29 is 43.7 Å². The summed E-state index contributed by atoms with van der Waals surface area (Å²) in [7, 11) is -10.1. The lowest BCUT2D eigenvalue weighted by molar-refractivity contribution is -0.129. The summed E-state index contributed by atoms with van der Waals surface area (Å²) in [6.07, 6.45) is 4.48. The highest BCUT2D eigenvalue weighted by Crippen LogP contribution is 3.02. The lowest BCUT2D eigenvalue weighted by Gasteiger charge is -2.41. The Morgan fingerprint density at radius 1 is 1.05 bits per heavy atom. The van der Waals surface area contributed by atoms with Crippen LogP contribution in [0.5, 0.6) is 0 Å². The molecule has 0 radical (unpaired) electrons. The second-order valence-electron chi connectivity index (χ2n) is 12.2. The fourth-order valence-electron chi connectivity index (χ4n) is 5.48. The predicted molar refractivity (Wildman–Crippen MR) is 155 cm³/mol. The van der Waals surface area contributed by atoms with E-state index in [1.807, 2.05) is 0 Å². The molecule has 44 heavy (non-hydrogen) atoms. The van der Waals surface area contributed by atoms with Crippen LogP contribution in [0.3, 0.4) is 0 Å². The van der Waals surface area contributed by atoms with Crippen LogP contribution in [0.1, 0.15) is 70.9 Å². The number of aliphatic hydroxyl groups is 1. The number of carbonyl (C=O) groups excluding carboxylic acids is 3. The van der Waals surface area contributed by atoms with Crippen LogP contribution in [0.2, 0.25) is 0 Å². The van der Waals surface area contributed by atoms with E-state index in [-0.39, 0.29) is 42.4 Å². The molecule has 2 aromatic rings. The first-order valence-electron chi connectivity index (χ1n) is 14.3. The minimum atomic E-state index is -10.1. The molecule has 244 valence electrons. The molecule has 1 saturated carbocycles. The molecule has 9 nitrogen and oxygen atoms in total. The number of aromatic nitrogens is 1. The summed E-state index contributed by atoms with van der Waals surface area (Å²) in [6.45, 7) is 4.53. The second kappa shape index (κ2) is 11.5. The molecule has 1 unspecified atom stereocenters. The number of pyridine rings is 1. The van der Waals surface area contributed by atoms with Gasteiger partial charge in [-0.05, 0) is 63.9 Å². The van der Waals surface area contributed by atoms with Gasteiger partial charge in [-0.15, -0.1) is 0 Å². The zero-order chi connectivity index (χ0) is 32.6. The van der Waals surface area contributed by atoms with Gasteiger partial charge in [0.15, 0.2) is 0 Å². The molecule has 2 fully saturated rings. The van der Waals surface area contributed by atoms with Crippen molar-refractivity contribution in [1.82, 2.24) is 15.2 Å². The number of likely N-dealkylation sites (tertiary alicyclic amines) is 1. The van der Waals surface area contributed by atoms with Gasteiger partial charge in [0, 0.05) is 36.1 Å². The van der Waals surface area contributed by atoms with Gasteiger partial charge >= 0.3 is 16.3 Å². The molecule has 4 rings (SSSR count). The van der Waals surface area contributed by atoms with E-state index in [9.17, 15) is 38.9 Å². The van der Waals surface area contributed by atoms with Gasteiger partial charge in [0.2, 0.25) is 5.91 Å². The van der Waals surface area contributed by atoms with E-state index in [0.717, 1.165) is 29.1 Å². The number of anilines is 1. The third-order valence-electron chi connectivity index (χ3n) is 7.45. The van der Waals surface area contributed by atoms with Gasteiger partial charge in [0.05, 0.1) is 12.6 Å². The van der Waals surface area contributed by atoms with Crippen molar-refractivity contribution in [3.63, 3.8) is 0 Å². The van der Waals surface area contributed by atoms with Crippen LogP contribution in [0.25, 0.3) is 0 Å². The van der Waals surface area contributed by atoms with Gasteiger partial charge in [-0.25, -0.2) is 4.79 Å².